The average molecular weight is 586 g/mol. The van der Waals surface area contributed by atoms with Gasteiger partial charge in [-0.3, -0.25) is 4.79 Å². The van der Waals surface area contributed by atoms with Crippen molar-refractivity contribution >= 4 is 34.4 Å². The lowest BCUT2D eigenvalue weighted by atomic mass is 9.96. The second kappa shape index (κ2) is 12.9. The molecule has 2 atom stereocenters. The van der Waals surface area contributed by atoms with Crippen LogP contribution in [-0.4, -0.2) is 75.6 Å². The van der Waals surface area contributed by atoms with E-state index in [1.807, 2.05) is 0 Å². The van der Waals surface area contributed by atoms with Crippen molar-refractivity contribution in [2.45, 2.75) is 50.7 Å². The van der Waals surface area contributed by atoms with Crippen LogP contribution in [0.3, 0.4) is 0 Å². The van der Waals surface area contributed by atoms with Crippen LogP contribution in [0.25, 0.3) is 10.9 Å². The number of likely N-dealkylation sites (tertiary alicyclic amines) is 1. The number of rotatable bonds is 10. The van der Waals surface area contributed by atoms with Gasteiger partial charge in [0.05, 0.1) is 17.0 Å². The molecule has 0 radical (unpaired) electrons. The van der Waals surface area contributed by atoms with Gasteiger partial charge in [0.25, 0.3) is 0 Å². The van der Waals surface area contributed by atoms with E-state index in [2.05, 4.69) is 43.0 Å². The summed E-state index contributed by atoms with van der Waals surface area (Å²) in [4.78, 5) is 39.9. The zero-order valence-corrected chi connectivity index (χ0v) is 23.1. The Morgan fingerprint density at radius 3 is 2.83 bits per heavy atom. The molecule has 4 heterocycles. The average Bonchev–Trinajstić information content (AvgIpc) is 2.98. The van der Waals surface area contributed by atoms with Crippen LogP contribution in [-0.2, 0) is 28.6 Å². The third kappa shape index (κ3) is 7.25. The van der Waals surface area contributed by atoms with E-state index in [4.69, 9.17) is 4.98 Å². The Morgan fingerprint density at radius 2 is 2.02 bits per heavy atom. The summed E-state index contributed by atoms with van der Waals surface area (Å²) < 4.78 is 39.3. The molecular weight excluding hydrogens is 551 g/mol. The number of aliphatic carboxylic acids is 1. The van der Waals surface area contributed by atoms with Crippen LogP contribution in [0.4, 0.5) is 24.8 Å². The van der Waals surface area contributed by atoms with E-state index in [0.717, 1.165) is 81.7 Å². The maximum Gasteiger partial charge on any atom is 0.416 e. The van der Waals surface area contributed by atoms with Crippen LogP contribution < -0.4 is 16.0 Å². The van der Waals surface area contributed by atoms with Gasteiger partial charge in [0.15, 0.2) is 0 Å². The number of carboxylic acid groups (broad SMARTS) is 1. The Labute approximate surface area is 241 Å². The number of aromatic nitrogens is 3. The van der Waals surface area contributed by atoms with Gasteiger partial charge in [-0.25, -0.2) is 19.7 Å². The Morgan fingerprint density at radius 1 is 1.17 bits per heavy atom. The fourth-order valence-corrected chi connectivity index (χ4v) is 5.52. The van der Waals surface area contributed by atoms with E-state index >= 15 is 0 Å². The zero-order valence-electron chi connectivity index (χ0n) is 23.1. The van der Waals surface area contributed by atoms with Gasteiger partial charge in [0, 0.05) is 30.7 Å². The van der Waals surface area contributed by atoms with Gasteiger partial charge in [0.1, 0.15) is 24.0 Å². The predicted molar refractivity (Wildman–Crippen MR) is 151 cm³/mol. The minimum Gasteiger partial charge on any atom is -0.480 e. The van der Waals surface area contributed by atoms with E-state index in [1.165, 1.54) is 11.6 Å². The lowest BCUT2D eigenvalue weighted by Crippen LogP contribution is -2.47. The molecule has 1 aromatic carbocycles. The summed E-state index contributed by atoms with van der Waals surface area (Å²) in [5, 5.41) is 18.9. The topological polar surface area (TPSA) is 132 Å². The number of benzene rings is 1. The summed E-state index contributed by atoms with van der Waals surface area (Å²) in [6, 6.07) is 5.98. The minimum atomic E-state index is -4.54. The number of piperidine rings is 1. The molecule has 42 heavy (non-hydrogen) atoms. The van der Waals surface area contributed by atoms with E-state index in [1.54, 1.807) is 0 Å². The summed E-state index contributed by atoms with van der Waals surface area (Å²) >= 11 is 0. The number of halogens is 3. The molecule has 2 aromatic heterocycles. The molecule has 1 amide bonds. The minimum absolute atomic E-state index is 0.0249. The molecular formula is C29H34F3N7O3. The van der Waals surface area contributed by atoms with Crippen LogP contribution in [0.5, 0.6) is 0 Å². The summed E-state index contributed by atoms with van der Waals surface area (Å²) in [5.74, 6) is -0.655. The highest BCUT2D eigenvalue weighted by Crippen LogP contribution is 2.32. The van der Waals surface area contributed by atoms with Crippen LogP contribution in [0.2, 0.25) is 0 Å². The molecule has 2 aliphatic heterocycles. The van der Waals surface area contributed by atoms with Crippen molar-refractivity contribution in [1.82, 2.24) is 25.2 Å². The van der Waals surface area contributed by atoms with E-state index in [-0.39, 0.29) is 35.1 Å². The first kappa shape index (κ1) is 29.5. The Kier molecular flexibility index (Phi) is 9.05. The van der Waals surface area contributed by atoms with Gasteiger partial charge in [-0.05, 0) is 81.4 Å². The fraction of sp³-hybridized carbons (Fsp3) is 0.483. The number of nitrogens with zero attached hydrogens (tertiary/aromatic N) is 4. The molecule has 224 valence electrons. The molecule has 0 bridgehead atoms. The molecule has 1 fully saturated rings. The number of anilines is 2. The number of hydrogen-bond acceptors (Lipinski definition) is 8. The van der Waals surface area contributed by atoms with Gasteiger partial charge in [-0.1, -0.05) is 6.07 Å². The summed E-state index contributed by atoms with van der Waals surface area (Å²) in [6.45, 7) is 3.07. The maximum atomic E-state index is 13.1. The summed E-state index contributed by atoms with van der Waals surface area (Å²) in [6.07, 6.45) is 2.06. The molecule has 5 rings (SSSR count). The van der Waals surface area contributed by atoms with Crippen molar-refractivity contribution in [2.24, 2.45) is 5.92 Å². The predicted octanol–water partition coefficient (Wildman–Crippen LogP) is 3.73. The molecule has 4 N–H and O–H groups in total. The Hall–Kier alpha value is -4.00. The van der Waals surface area contributed by atoms with Crippen LogP contribution in [0.15, 0.2) is 36.7 Å². The molecule has 1 saturated heterocycles. The highest BCUT2D eigenvalue weighted by Gasteiger charge is 2.31. The Bertz CT molecular complexity index is 1440. The van der Waals surface area contributed by atoms with E-state index in [0.29, 0.717) is 13.0 Å². The largest absolute Gasteiger partial charge is 0.480 e. The number of carboxylic acids is 1. The normalized spacial score (nSPS) is 18.1. The number of nitrogens with one attached hydrogen (secondary N) is 3. The number of carbonyl (C=O) groups excluding carboxylic acids is 1. The van der Waals surface area contributed by atoms with Crippen molar-refractivity contribution in [3.05, 3.63) is 53.5 Å². The number of pyridine rings is 1. The van der Waals surface area contributed by atoms with Crippen molar-refractivity contribution in [3.63, 3.8) is 0 Å². The van der Waals surface area contributed by atoms with Gasteiger partial charge in [0.2, 0.25) is 5.91 Å². The SMILES string of the molecule is O=C(O)C(CNC(=O)[C@@H]1CCCN(CCCc2ccc3c(n2)NCCC3)C1)Nc1ncnc2cc(C(F)(F)F)ccc12. The number of alkyl halides is 3. The van der Waals surface area contributed by atoms with Crippen molar-refractivity contribution < 1.29 is 27.9 Å². The lowest BCUT2D eigenvalue weighted by molar-refractivity contribution is -0.138. The maximum absolute atomic E-state index is 13.1. The van der Waals surface area contributed by atoms with Gasteiger partial charge < -0.3 is 26.0 Å². The molecule has 3 aromatic rings. The van der Waals surface area contributed by atoms with Crippen molar-refractivity contribution in [1.29, 1.82) is 0 Å². The monoisotopic (exact) mass is 585 g/mol. The zero-order chi connectivity index (χ0) is 29.7. The third-order valence-electron chi connectivity index (χ3n) is 7.79. The summed E-state index contributed by atoms with van der Waals surface area (Å²) in [7, 11) is 0. The smallest absolute Gasteiger partial charge is 0.416 e. The first-order valence-electron chi connectivity index (χ1n) is 14.2. The standard InChI is InChI=1S/C29H34F3N7O3/c30-29(31,32)20-8-10-22-23(14-20)35-17-36-26(22)38-24(28(41)42)15-34-27(40)19-5-2-12-39(16-19)13-3-6-21-9-7-18-4-1-11-33-25(18)37-21/h7-10,14,17,19,24H,1-6,11-13,15-16H2,(H,33,37)(H,34,40)(H,41,42)(H,35,36,38)/t19-,24?/m1/s1. The highest BCUT2D eigenvalue weighted by molar-refractivity contribution is 5.91. The highest BCUT2D eigenvalue weighted by atomic mass is 19.4. The first-order chi connectivity index (χ1) is 20.2. The van der Waals surface area contributed by atoms with Crippen LogP contribution in [0.1, 0.15) is 42.5 Å². The van der Waals surface area contributed by atoms with E-state index in [9.17, 15) is 27.9 Å². The Balaban J connectivity index is 1.12. The second-order valence-electron chi connectivity index (χ2n) is 10.8. The molecule has 0 spiro atoms. The van der Waals surface area contributed by atoms with Gasteiger partial charge in [-0.15, -0.1) is 0 Å². The second-order valence-corrected chi connectivity index (χ2v) is 10.8. The number of fused-ring (bicyclic) bond motifs is 2. The molecule has 13 heteroatoms. The number of amides is 1. The third-order valence-corrected chi connectivity index (χ3v) is 7.79. The van der Waals surface area contributed by atoms with Gasteiger partial charge >= 0.3 is 12.1 Å². The van der Waals surface area contributed by atoms with Crippen molar-refractivity contribution in [3.8, 4) is 0 Å². The quantitative estimate of drug-likeness (QED) is 0.281. The number of carbonyl (C=O) groups is 2. The fourth-order valence-electron chi connectivity index (χ4n) is 5.52. The summed E-state index contributed by atoms with van der Waals surface area (Å²) in [5.41, 5.74) is 1.48. The first-order valence-corrected chi connectivity index (χ1v) is 14.2. The molecule has 0 aliphatic carbocycles. The number of aryl methyl sites for hydroxylation is 2. The van der Waals surface area contributed by atoms with Crippen LogP contribution >= 0.6 is 0 Å². The number of hydrogen-bond donors (Lipinski definition) is 4. The molecule has 10 nitrogen and oxygen atoms in total. The molecule has 1 unspecified atom stereocenters. The lowest BCUT2D eigenvalue weighted by Gasteiger charge is -2.32. The van der Waals surface area contributed by atoms with Gasteiger partial charge in [-0.2, -0.15) is 13.2 Å². The molecule has 2 aliphatic rings. The van der Waals surface area contributed by atoms with Crippen molar-refractivity contribution in [2.75, 3.05) is 43.4 Å². The molecule has 0 saturated carbocycles. The van der Waals surface area contributed by atoms with E-state index < -0.39 is 23.8 Å². The van der Waals surface area contributed by atoms with Crippen LogP contribution in [0, 0.1) is 5.92 Å².